The molecule has 0 bridgehead atoms. The second-order valence-electron chi connectivity index (χ2n) is 2.22. The lowest BCUT2D eigenvalue weighted by Crippen LogP contribution is -2.39. The van der Waals surface area contributed by atoms with E-state index in [2.05, 4.69) is 15.9 Å². The van der Waals surface area contributed by atoms with Crippen molar-refractivity contribution in [3.63, 3.8) is 0 Å². The first-order chi connectivity index (χ1) is 5.07. The average molecular weight is 221 g/mol. The van der Waals surface area contributed by atoms with Gasteiger partial charge in [-0.1, -0.05) is 34.2 Å². The van der Waals surface area contributed by atoms with Crippen LogP contribution in [0.2, 0.25) is 0 Å². The zero-order valence-corrected chi connectivity index (χ0v) is 7.08. The van der Waals surface area contributed by atoms with Crippen LogP contribution in [0.15, 0.2) is 24.3 Å². The highest BCUT2D eigenvalue weighted by Gasteiger charge is 2.41. The van der Waals surface area contributed by atoms with Gasteiger partial charge >= 0.3 is 5.97 Å². The van der Waals surface area contributed by atoms with E-state index >= 15 is 0 Å². The first-order valence-electron chi connectivity index (χ1n) is 3.00. The third-order valence-electron chi connectivity index (χ3n) is 1.46. The smallest absolute Gasteiger partial charge is 0.327 e. The van der Waals surface area contributed by atoms with Crippen LogP contribution in [0.25, 0.3) is 0 Å². The van der Waals surface area contributed by atoms with Crippen LogP contribution in [0.1, 0.15) is 0 Å². The van der Waals surface area contributed by atoms with Crippen molar-refractivity contribution in [2.75, 3.05) is 0 Å². The van der Waals surface area contributed by atoms with Gasteiger partial charge in [0.1, 0.15) is 6.17 Å². The molecule has 2 atom stereocenters. The van der Waals surface area contributed by atoms with E-state index in [0.717, 1.165) is 0 Å². The number of hydrogen-bond acceptors (Lipinski definition) is 1. The molecule has 1 aliphatic rings. The van der Waals surface area contributed by atoms with Crippen LogP contribution in [0.5, 0.6) is 0 Å². The summed E-state index contributed by atoms with van der Waals surface area (Å²) in [5, 5.41) is 8.60. The molecule has 2 nitrogen and oxygen atoms in total. The molecule has 1 aliphatic carbocycles. The highest BCUT2D eigenvalue weighted by molar-refractivity contribution is 9.10. The Bertz CT molecular complexity index is 237. The van der Waals surface area contributed by atoms with E-state index in [1.165, 1.54) is 24.3 Å². The second-order valence-corrected chi connectivity index (χ2v) is 3.53. The maximum atomic E-state index is 12.9. The van der Waals surface area contributed by atoms with Gasteiger partial charge in [-0.3, -0.25) is 4.79 Å². The van der Waals surface area contributed by atoms with Gasteiger partial charge in [0, 0.05) is 0 Å². The van der Waals surface area contributed by atoms with Gasteiger partial charge < -0.3 is 5.11 Å². The molecule has 0 heterocycles. The standard InChI is InChI=1S/C7H6BrFO2/c8-7(6(10)11)4-2-1-3-5(7)9/h1-5H,(H,10,11)/t5-,7-/m1/s1. The lowest BCUT2D eigenvalue weighted by molar-refractivity contribution is -0.139. The van der Waals surface area contributed by atoms with E-state index in [-0.39, 0.29) is 0 Å². The SMILES string of the molecule is O=C(O)[C@@]1(Br)C=CC=C[C@H]1F. The Labute approximate surface area is 71.5 Å². The molecule has 1 rings (SSSR count). The van der Waals surface area contributed by atoms with Gasteiger partial charge in [0.2, 0.25) is 0 Å². The number of hydrogen-bond donors (Lipinski definition) is 1. The second kappa shape index (κ2) is 2.77. The number of carbonyl (C=O) groups is 1. The molecule has 0 aromatic heterocycles. The summed E-state index contributed by atoms with van der Waals surface area (Å²) in [5.74, 6) is -1.22. The molecule has 60 valence electrons. The summed E-state index contributed by atoms with van der Waals surface area (Å²) in [6.07, 6.45) is 3.94. The van der Waals surface area contributed by atoms with Gasteiger partial charge in [0.05, 0.1) is 0 Å². The van der Waals surface area contributed by atoms with Crippen LogP contribution < -0.4 is 0 Å². The number of allylic oxidation sites excluding steroid dienone is 3. The van der Waals surface area contributed by atoms with Crippen molar-refractivity contribution in [2.24, 2.45) is 0 Å². The van der Waals surface area contributed by atoms with Crippen LogP contribution in [0, 0.1) is 0 Å². The number of rotatable bonds is 1. The molecular weight excluding hydrogens is 215 g/mol. The number of halogens is 2. The first-order valence-corrected chi connectivity index (χ1v) is 3.79. The molecule has 4 heteroatoms. The van der Waals surface area contributed by atoms with Crippen molar-refractivity contribution >= 4 is 21.9 Å². The van der Waals surface area contributed by atoms with Gasteiger partial charge in [-0.05, 0) is 6.08 Å². The summed E-state index contributed by atoms with van der Waals surface area (Å²) in [7, 11) is 0. The predicted octanol–water partition coefficient (Wildman–Crippen LogP) is 1.67. The molecule has 0 saturated carbocycles. The number of aliphatic carboxylic acids is 1. The zero-order chi connectivity index (χ0) is 8.48. The number of carboxylic acids is 1. The average Bonchev–Trinajstić information content (AvgIpc) is 1.95. The van der Waals surface area contributed by atoms with Crippen LogP contribution in [0.3, 0.4) is 0 Å². The Balaban J connectivity index is 2.94. The summed E-state index contributed by atoms with van der Waals surface area (Å²) in [5.41, 5.74) is 0. The number of alkyl halides is 2. The lowest BCUT2D eigenvalue weighted by atomic mass is 9.99. The molecule has 0 saturated heterocycles. The minimum absolute atomic E-state index is 1.20. The minimum Gasteiger partial charge on any atom is -0.480 e. The van der Waals surface area contributed by atoms with E-state index in [0.29, 0.717) is 0 Å². The van der Waals surface area contributed by atoms with E-state index in [1.54, 1.807) is 0 Å². The van der Waals surface area contributed by atoms with Gasteiger partial charge in [-0.2, -0.15) is 0 Å². The fraction of sp³-hybridized carbons (Fsp3) is 0.286. The molecule has 0 amide bonds. The fourth-order valence-electron chi connectivity index (χ4n) is 0.779. The Kier molecular flexibility index (Phi) is 2.13. The van der Waals surface area contributed by atoms with Crippen LogP contribution in [-0.4, -0.2) is 21.6 Å². The normalized spacial score (nSPS) is 35.6. The van der Waals surface area contributed by atoms with Gasteiger partial charge in [0.15, 0.2) is 4.32 Å². The predicted molar refractivity (Wildman–Crippen MR) is 42.5 cm³/mol. The summed E-state index contributed by atoms with van der Waals surface area (Å²) in [6, 6.07) is 0. The fourth-order valence-corrected chi connectivity index (χ4v) is 1.08. The zero-order valence-electron chi connectivity index (χ0n) is 5.50. The van der Waals surface area contributed by atoms with Gasteiger partial charge in [-0.15, -0.1) is 0 Å². The van der Waals surface area contributed by atoms with Crippen molar-refractivity contribution in [3.05, 3.63) is 24.3 Å². The van der Waals surface area contributed by atoms with Gasteiger partial charge in [-0.25, -0.2) is 4.39 Å². The first kappa shape index (κ1) is 8.46. The summed E-state index contributed by atoms with van der Waals surface area (Å²) < 4.78 is 11.3. The van der Waals surface area contributed by atoms with Crippen molar-refractivity contribution in [3.8, 4) is 0 Å². The third kappa shape index (κ3) is 1.35. The number of carboxylic acid groups (broad SMARTS) is 1. The van der Waals surface area contributed by atoms with Crippen molar-refractivity contribution in [1.82, 2.24) is 0 Å². The molecule has 0 aromatic carbocycles. The highest BCUT2D eigenvalue weighted by atomic mass is 79.9. The summed E-state index contributed by atoms with van der Waals surface area (Å²) >= 11 is 2.81. The quantitative estimate of drug-likeness (QED) is 0.683. The molecule has 1 N–H and O–H groups in total. The maximum Gasteiger partial charge on any atom is 0.327 e. The Hall–Kier alpha value is -0.640. The Morgan fingerprint density at radius 1 is 1.64 bits per heavy atom. The molecule has 11 heavy (non-hydrogen) atoms. The van der Waals surface area contributed by atoms with E-state index in [1.807, 2.05) is 0 Å². The molecule has 0 aliphatic heterocycles. The van der Waals surface area contributed by atoms with Crippen LogP contribution in [0.4, 0.5) is 4.39 Å². The highest BCUT2D eigenvalue weighted by Crippen LogP contribution is 2.30. The molecular formula is C7H6BrFO2. The minimum atomic E-state index is -1.57. The van der Waals surface area contributed by atoms with Crippen molar-refractivity contribution in [1.29, 1.82) is 0 Å². The Morgan fingerprint density at radius 2 is 2.27 bits per heavy atom. The molecule has 0 radical (unpaired) electrons. The molecule has 0 spiro atoms. The molecule has 0 fully saturated rings. The molecule has 0 aromatic rings. The van der Waals surface area contributed by atoms with Gasteiger partial charge in [0.25, 0.3) is 0 Å². The van der Waals surface area contributed by atoms with Crippen LogP contribution in [-0.2, 0) is 4.79 Å². The third-order valence-corrected chi connectivity index (χ3v) is 2.50. The molecule has 0 unspecified atom stereocenters. The van der Waals surface area contributed by atoms with Crippen molar-refractivity contribution < 1.29 is 14.3 Å². The van der Waals surface area contributed by atoms with Crippen LogP contribution >= 0.6 is 15.9 Å². The largest absolute Gasteiger partial charge is 0.480 e. The lowest BCUT2D eigenvalue weighted by Gasteiger charge is -2.22. The monoisotopic (exact) mass is 220 g/mol. The maximum absolute atomic E-state index is 12.9. The van der Waals surface area contributed by atoms with Crippen molar-refractivity contribution in [2.45, 2.75) is 10.5 Å². The van der Waals surface area contributed by atoms with E-state index in [4.69, 9.17) is 5.11 Å². The topological polar surface area (TPSA) is 37.3 Å². The summed E-state index contributed by atoms with van der Waals surface area (Å²) in [6.45, 7) is 0. The summed E-state index contributed by atoms with van der Waals surface area (Å²) in [4.78, 5) is 10.5. The Morgan fingerprint density at radius 3 is 2.64 bits per heavy atom. The van der Waals surface area contributed by atoms with E-state index in [9.17, 15) is 9.18 Å². The van der Waals surface area contributed by atoms with E-state index < -0.39 is 16.5 Å².